The molecule has 2 aromatic carbocycles. The third-order valence-corrected chi connectivity index (χ3v) is 4.81. The zero-order valence-corrected chi connectivity index (χ0v) is 14.1. The van der Waals surface area contributed by atoms with E-state index in [1.807, 2.05) is 0 Å². The minimum Gasteiger partial charge on any atom is -0.355 e. The van der Waals surface area contributed by atoms with Crippen LogP contribution in [0.15, 0.2) is 60.7 Å². The molecule has 1 aliphatic rings. The van der Waals surface area contributed by atoms with E-state index in [-0.39, 0.29) is 0 Å². The summed E-state index contributed by atoms with van der Waals surface area (Å²) in [5.74, 6) is 1.09. The van der Waals surface area contributed by atoms with Gasteiger partial charge in [0.25, 0.3) is 0 Å². The number of para-hydroxylation sites is 1. The molecule has 0 saturated carbocycles. The van der Waals surface area contributed by atoms with E-state index in [0.29, 0.717) is 6.04 Å². The van der Waals surface area contributed by atoms with Gasteiger partial charge in [0.05, 0.1) is 5.52 Å². The largest absolute Gasteiger partial charge is 0.355 e. The predicted octanol–water partition coefficient (Wildman–Crippen LogP) is 3.91. The number of nitrogens with zero attached hydrogens (tertiary/aromatic N) is 2. The highest BCUT2D eigenvalue weighted by Crippen LogP contribution is 2.22. The Balaban J connectivity index is 1.39. The molecule has 1 atom stereocenters. The van der Waals surface area contributed by atoms with Crippen molar-refractivity contribution in [1.29, 1.82) is 0 Å². The molecule has 3 nitrogen and oxygen atoms in total. The van der Waals surface area contributed by atoms with E-state index >= 15 is 0 Å². The SMILES string of the molecule is Cc1ccc(CN[C@H]2CCN(c3ccc4ccccc4n3)C2)cc1. The summed E-state index contributed by atoms with van der Waals surface area (Å²) in [6, 6.07) is 21.9. The van der Waals surface area contributed by atoms with Gasteiger partial charge in [-0.1, -0.05) is 48.0 Å². The first-order valence-corrected chi connectivity index (χ1v) is 8.67. The van der Waals surface area contributed by atoms with Gasteiger partial charge in [-0.25, -0.2) is 4.98 Å². The van der Waals surface area contributed by atoms with Crippen LogP contribution >= 0.6 is 0 Å². The van der Waals surface area contributed by atoms with Crippen LogP contribution in [0, 0.1) is 6.92 Å². The number of hydrogen-bond donors (Lipinski definition) is 1. The lowest BCUT2D eigenvalue weighted by atomic mass is 10.1. The average Bonchev–Trinajstić information content (AvgIpc) is 3.10. The number of aromatic nitrogens is 1. The first-order valence-electron chi connectivity index (χ1n) is 8.67. The molecule has 0 amide bonds. The highest BCUT2D eigenvalue weighted by Gasteiger charge is 2.23. The van der Waals surface area contributed by atoms with E-state index in [2.05, 4.69) is 77.8 Å². The van der Waals surface area contributed by atoms with E-state index in [0.717, 1.165) is 31.0 Å². The van der Waals surface area contributed by atoms with Crippen molar-refractivity contribution in [3.05, 3.63) is 71.8 Å². The number of nitrogens with one attached hydrogen (secondary N) is 1. The average molecular weight is 317 g/mol. The second kappa shape index (κ2) is 6.62. The fourth-order valence-electron chi connectivity index (χ4n) is 3.33. The van der Waals surface area contributed by atoms with Crippen molar-refractivity contribution in [1.82, 2.24) is 10.3 Å². The van der Waals surface area contributed by atoms with Gasteiger partial charge in [0.1, 0.15) is 5.82 Å². The normalized spacial score (nSPS) is 17.5. The fraction of sp³-hybridized carbons (Fsp3) is 0.286. The Morgan fingerprint density at radius 3 is 2.75 bits per heavy atom. The third kappa shape index (κ3) is 3.26. The first kappa shape index (κ1) is 15.2. The van der Waals surface area contributed by atoms with Crippen molar-refractivity contribution >= 4 is 16.7 Å². The van der Waals surface area contributed by atoms with Crippen LogP contribution in [0.5, 0.6) is 0 Å². The molecule has 0 bridgehead atoms. The van der Waals surface area contributed by atoms with Crippen molar-refractivity contribution in [2.24, 2.45) is 0 Å². The Kier molecular flexibility index (Phi) is 4.18. The summed E-state index contributed by atoms with van der Waals surface area (Å²) >= 11 is 0. The van der Waals surface area contributed by atoms with Crippen molar-refractivity contribution in [2.45, 2.75) is 25.9 Å². The molecule has 122 valence electrons. The molecule has 3 aromatic rings. The molecular formula is C21H23N3. The molecule has 24 heavy (non-hydrogen) atoms. The third-order valence-electron chi connectivity index (χ3n) is 4.81. The van der Waals surface area contributed by atoms with E-state index in [4.69, 9.17) is 4.98 Å². The molecule has 3 heteroatoms. The number of aryl methyl sites for hydroxylation is 1. The number of fused-ring (bicyclic) bond motifs is 1. The second-order valence-corrected chi connectivity index (χ2v) is 6.66. The van der Waals surface area contributed by atoms with Crippen molar-refractivity contribution in [3.63, 3.8) is 0 Å². The standard InChI is InChI=1S/C21H23N3/c1-16-6-8-17(9-7-16)14-22-19-12-13-24(15-19)21-11-10-18-4-2-3-5-20(18)23-21/h2-11,19,22H,12-15H2,1H3/t19-/m0/s1. The van der Waals surface area contributed by atoms with Crippen LogP contribution in [0.1, 0.15) is 17.5 Å². The summed E-state index contributed by atoms with van der Waals surface area (Å²) < 4.78 is 0. The summed E-state index contributed by atoms with van der Waals surface area (Å²) in [5.41, 5.74) is 3.74. The lowest BCUT2D eigenvalue weighted by Gasteiger charge is -2.18. The lowest BCUT2D eigenvalue weighted by Crippen LogP contribution is -2.32. The molecule has 0 aliphatic carbocycles. The summed E-state index contributed by atoms with van der Waals surface area (Å²) in [5, 5.41) is 4.89. The smallest absolute Gasteiger partial charge is 0.129 e. The van der Waals surface area contributed by atoms with Crippen LogP contribution in [0.25, 0.3) is 10.9 Å². The summed E-state index contributed by atoms with van der Waals surface area (Å²) in [6.45, 7) is 5.15. The monoisotopic (exact) mass is 317 g/mol. The van der Waals surface area contributed by atoms with E-state index in [9.17, 15) is 0 Å². The zero-order valence-electron chi connectivity index (χ0n) is 14.1. The summed E-state index contributed by atoms with van der Waals surface area (Å²) in [7, 11) is 0. The topological polar surface area (TPSA) is 28.2 Å². The Labute approximate surface area is 143 Å². The molecule has 1 aliphatic heterocycles. The van der Waals surface area contributed by atoms with Gasteiger partial charge < -0.3 is 10.2 Å². The minimum absolute atomic E-state index is 0.527. The van der Waals surface area contributed by atoms with Crippen LogP contribution in [0.4, 0.5) is 5.82 Å². The molecule has 0 radical (unpaired) electrons. The zero-order chi connectivity index (χ0) is 16.4. The number of hydrogen-bond acceptors (Lipinski definition) is 3. The molecule has 1 aromatic heterocycles. The maximum Gasteiger partial charge on any atom is 0.129 e. The lowest BCUT2D eigenvalue weighted by molar-refractivity contribution is 0.551. The van der Waals surface area contributed by atoms with Gasteiger partial charge >= 0.3 is 0 Å². The number of pyridine rings is 1. The maximum absolute atomic E-state index is 4.82. The number of benzene rings is 2. The van der Waals surface area contributed by atoms with Gasteiger partial charge in [-0.15, -0.1) is 0 Å². The maximum atomic E-state index is 4.82. The molecule has 4 rings (SSSR count). The van der Waals surface area contributed by atoms with E-state index < -0.39 is 0 Å². The summed E-state index contributed by atoms with van der Waals surface area (Å²) in [6.07, 6.45) is 1.17. The van der Waals surface area contributed by atoms with Crippen LogP contribution < -0.4 is 10.2 Å². The fourth-order valence-corrected chi connectivity index (χ4v) is 3.33. The van der Waals surface area contributed by atoms with Crippen molar-refractivity contribution < 1.29 is 0 Å². The Bertz CT molecular complexity index is 826. The summed E-state index contributed by atoms with van der Waals surface area (Å²) in [4.78, 5) is 7.21. The first-order chi connectivity index (χ1) is 11.8. The van der Waals surface area contributed by atoms with E-state index in [1.165, 1.54) is 22.9 Å². The molecule has 1 N–H and O–H groups in total. The molecule has 1 fully saturated rings. The van der Waals surface area contributed by atoms with E-state index in [1.54, 1.807) is 0 Å². The molecule has 1 saturated heterocycles. The van der Waals surface area contributed by atoms with Gasteiger partial charge in [0.2, 0.25) is 0 Å². The number of anilines is 1. The van der Waals surface area contributed by atoms with Gasteiger partial charge in [0, 0.05) is 31.1 Å². The predicted molar refractivity (Wildman–Crippen MR) is 100 cm³/mol. The van der Waals surface area contributed by atoms with Crippen LogP contribution in [0.3, 0.4) is 0 Å². The highest BCUT2D eigenvalue weighted by molar-refractivity contribution is 5.80. The minimum atomic E-state index is 0.527. The van der Waals surface area contributed by atoms with Crippen molar-refractivity contribution in [3.8, 4) is 0 Å². The molecule has 0 unspecified atom stereocenters. The van der Waals surface area contributed by atoms with Crippen LogP contribution in [-0.4, -0.2) is 24.1 Å². The molecule has 0 spiro atoms. The van der Waals surface area contributed by atoms with Gasteiger partial charge in [0.15, 0.2) is 0 Å². The van der Waals surface area contributed by atoms with Gasteiger partial charge in [-0.3, -0.25) is 0 Å². The van der Waals surface area contributed by atoms with Crippen LogP contribution in [-0.2, 0) is 6.54 Å². The Morgan fingerprint density at radius 1 is 1.04 bits per heavy atom. The van der Waals surface area contributed by atoms with Gasteiger partial charge in [-0.2, -0.15) is 0 Å². The number of rotatable bonds is 4. The highest BCUT2D eigenvalue weighted by atomic mass is 15.2. The Morgan fingerprint density at radius 2 is 1.88 bits per heavy atom. The Hall–Kier alpha value is -2.39. The quantitative estimate of drug-likeness (QED) is 0.791. The molecule has 2 heterocycles. The van der Waals surface area contributed by atoms with Gasteiger partial charge in [-0.05, 0) is 37.1 Å². The molecular weight excluding hydrogens is 294 g/mol. The van der Waals surface area contributed by atoms with Crippen LogP contribution in [0.2, 0.25) is 0 Å². The second-order valence-electron chi connectivity index (χ2n) is 6.66. The van der Waals surface area contributed by atoms with Crippen molar-refractivity contribution in [2.75, 3.05) is 18.0 Å².